The van der Waals surface area contributed by atoms with Gasteiger partial charge in [-0.3, -0.25) is 29.1 Å². The number of phenolic OH excluding ortho intramolecular Hbond substituents is 1. The van der Waals surface area contributed by atoms with Crippen LogP contribution in [0, 0.1) is 0 Å². The number of benzene rings is 1. The second kappa shape index (κ2) is 14.6. The SMILES string of the molecule is Nc1nc(C(=NO)C(=O)N[C@@H]2C(=O)N3C(C(=O)O)=C(C(=C4CCNC4=O)C(CC(=O)N(c4ccc(O)cc4)C(F)(F)F)c4ccncc4)CS[C@H]23)cs1. The molecule has 3 aliphatic heterocycles. The van der Waals surface area contributed by atoms with Crippen molar-refractivity contribution in [3.63, 3.8) is 0 Å². The van der Waals surface area contributed by atoms with Crippen LogP contribution in [0.25, 0.3) is 0 Å². The Kier molecular flexibility index (Phi) is 10.1. The van der Waals surface area contributed by atoms with Crippen molar-refractivity contribution in [3.8, 4) is 5.75 Å². The summed E-state index contributed by atoms with van der Waals surface area (Å²) in [6, 6.07) is 5.29. The van der Waals surface area contributed by atoms with Crippen molar-refractivity contribution in [2.75, 3.05) is 22.9 Å². The van der Waals surface area contributed by atoms with E-state index in [9.17, 15) is 52.6 Å². The molecule has 4 amide bonds. The molecule has 2 fully saturated rings. The van der Waals surface area contributed by atoms with Crippen molar-refractivity contribution < 1.29 is 52.6 Å². The number of thiazole rings is 1. The number of oxime groups is 1. The van der Waals surface area contributed by atoms with Crippen LogP contribution in [0.1, 0.15) is 30.0 Å². The number of carbonyl (C=O) groups is 5. The van der Waals surface area contributed by atoms with Crippen LogP contribution in [0.15, 0.2) is 81.7 Å². The number of carbonyl (C=O) groups excluding carboxylic acids is 4. The van der Waals surface area contributed by atoms with E-state index in [-0.39, 0.29) is 57.6 Å². The lowest BCUT2D eigenvalue weighted by Gasteiger charge is -2.50. The van der Waals surface area contributed by atoms with Gasteiger partial charge >= 0.3 is 12.3 Å². The summed E-state index contributed by atoms with van der Waals surface area (Å²) in [7, 11) is 0. The summed E-state index contributed by atoms with van der Waals surface area (Å²) in [5.74, 6) is -7.51. The number of halogens is 3. The first-order chi connectivity index (χ1) is 25.2. The number of anilines is 2. The van der Waals surface area contributed by atoms with E-state index in [1.807, 2.05) is 0 Å². The highest BCUT2D eigenvalue weighted by Gasteiger charge is 2.55. The molecule has 1 unspecified atom stereocenters. The summed E-state index contributed by atoms with van der Waals surface area (Å²) in [5, 5.41) is 38.1. The number of amides is 4. The average molecular weight is 773 g/mol. The van der Waals surface area contributed by atoms with E-state index < -0.39 is 81.6 Å². The molecule has 3 aliphatic rings. The number of fused-ring (bicyclic) bond motifs is 1. The van der Waals surface area contributed by atoms with E-state index >= 15 is 0 Å². The second-order valence-corrected chi connectivity index (χ2v) is 13.7. The molecule has 21 heteroatoms. The molecular formula is C32H27F3N8O8S2. The van der Waals surface area contributed by atoms with E-state index in [1.165, 1.54) is 29.9 Å². The number of carboxylic acid groups (broad SMARTS) is 1. The molecule has 16 nitrogen and oxygen atoms in total. The lowest BCUT2D eigenvalue weighted by molar-refractivity contribution is -0.150. The third-order valence-electron chi connectivity index (χ3n) is 8.57. The molecule has 5 heterocycles. The van der Waals surface area contributed by atoms with E-state index in [2.05, 4.69) is 25.8 Å². The number of aromatic hydroxyl groups is 1. The molecule has 276 valence electrons. The van der Waals surface area contributed by atoms with Gasteiger partial charge in [-0.25, -0.2) is 14.7 Å². The number of alkyl halides is 3. The van der Waals surface area contributed by atoms with Gasteiger partial charge < -0.3 is 31.8 Å². The normalized spacial score (nSPS) is 20.3. The highest BCUT2D eigenvalue weighted by Crippen LogP contribution is 2.47. The lowest BCUT2D eigenvalue weighted by atomic mass is 9.80. The Morgan fingerprint density at radius 2 is 1.85 bits per heavy atom. The number of allylic oxidation sites excluding steroid dienone is 1. The zero-order valence-corrected chi connectivity index (χ0v) is 28.5. The Morgan fingerprint density at radius 1 is 1.15 bits per heavy atom. The van der Waals surface area contributed by atoms with Crippen molar-refractivity contribution in [3.05, 3.63) is 87.8 Å². The average Bonchev–Trinajstić information content (AvgIpc) is 3.74. The maximum atomic E-state index is 14.5. The first kappa shape index (κ1) is 36.8. The van der Waals surface area contributed by atoms with Gasteiger partial charge in [-0.1, -0.05) is 5.16 Å². The largest absolute Gasteiger partial charge is 0.508 e. The van der Waals surface area contributed by atoms with Crippen molar-refractivity contribution in [2.45, 2.75) is 36.5 Å². The highest BCUT2D eigenvalue weighted by atomic mass is 32.2. The first-order valence-corrected chi connectivity index (χ1v) is 17.4. The molecule has 53 heavy (non-hydrogen) atoms. The van der Waals surface area contributed by atoms with Gasteiger partial charge in [0.25, 0.3) is 11.8 Å². The minimum atomic E-state index is -5.23. The fourth-order valence-electron chi connectivity index (χ4n) is 6.31. The van der Waals surface area contributed by atoms with E-state index in [4.69, 9.17) is 5.73 Å². The maximum absolute atomic E-state index is 14.5. The van der Waals surface area contributed by atoms with Crippen LogP contribution in [0.2, 0.25) is 0 Å². The van der Waals surface area contributed by atoms with Gasteiger partial charge in [-0.15, -0.1) is 36.3 Å². The van der Waals surface area contributed by atoms with Gasteiger partial charge in [0.15, 0.2) is 10.8 Å². The third kappa shape index (κ3) is 7.11. The number of aromatic nitrogens is 2. The monoisotopic (exact) mass is 772 g/mol. The molecule has 0 saturated carbocycles. The molecule has 0 aliphatic carbocycles. The van der Waals surface area contributed by atoms with Crippen molar-refractivity contribution in [1.29, 1.82) is 0 Å². The topological polar surface area (TPSA) is 241 Å². The van der Waals surface area contributed by atoms with Gasteiger partial charge in [-0.2, -0.15) is 0 Å². The smallest absolute Gasteiger partial charge is 0.491 e. The number of rotatable bonds is 10. The number of phenols is 1. The van der Waals surface area contributed by atoms with Crippen LogP contribution in [-0.4, -0.2) is 95.6 Å². The van der Waals surface area contributed by atoms with Crippen LogP contribution in [0.4, 0.5) is 24.0 Å². The van der Waals surface area contributed by atoms with Gasteiger partial charge in [-0.05, 0) is 59.5 Å². The summed E-state index contributed by atoms with van der Waals surface area (Å²) in [5.41, 5.74) is 3.90. The van der Waals surface area contributed by atoms with Gasteiger partial charge in [0.05, 0.1) is 5.69 Å². The van der Waals surface area contributed by atoms with Crippen LogP contribution >= 0.6 is 23.1 Å². The van der Waals surface area contributed by atoms with Crippen molar-refractivity contribution >= 4 is 69.2 Å². The third-order valence-corrected chi connectivity index (χ3v) is 10.5. The summed E-state index contributed by atoms with van der Waals surface area (Å²) in [6.07, 6.45) is -3.49. The predicted octanol–water partition coefficient (Wildman–Crippen LogP) is 2.29. The molecule has 0 bridgehead atoms. The number of β-lactam (4-membered cyclic amide) rings is 1. The zero-order chi connectivity index (χ0) is 38.2. The number of hydrogen-bond donors (Lipinski definition) is 6. The standard InChI is InChI=1S/C32H27F3N8O8S2/c33-32(34,35)43(15-1-3-16(44)4-2-15)21(45)11-18(14-5-8-37-9-6-14)22(17-7-10-38-26(17)46)19-12-52-29-24(28(48)42(29)25(19)30(49)50)40-27(47)23(41-51)20-13-53-31(36)39-20/h1-6,8-9,13,18,24,29,44,51H,7,10-12H2,(H2,36,39)(H,38,46)(H,40,47)(H,49,50)/t18?,24-,29-/m1/s1. The number of nitrogens with zero attached hydrogens (tertiary/aromatic N) is 5. The zero-order valence-electron chi connectivity index (χ0n) is 26.9. The Hall–Kier alpha value is -5.96. The minimum absolute atomic E-state index is 0.0137. The highest BCUT2D eigenvalue weighted by molar-refractivity contribution is 8.00. The molecule has 2 saturated heterocycles. The molecule has 0 spiro atoms. The predicted molar refractivity (Wildman–Crippen MR) is 182 cm³/mol. The van der Waals surface area contributed by atoms with Gasteiger partial charge in [0.1, 0.15) is 28.6 Å². The second-order valence-electron chi connectivity index (χ2n) is 11.7. The summed E-state index contributed by atoms with van der Waals surface area (Å²) in [6.45, 7) is 0.110. The molecule has 1 aromatic carbocycles. The van der Waals surface area contributed by atoms with E-state index in [0.29, 0.717) is 0 Å². The van der Waals surface area contributed by atoms with Crippen LogP contribution in [-0.2, 0) is 24.0 Å². The van der Waals surface area contributed by atoms with Gasteiger partial charge in [0, 0.05) is 48.0 Å². The number of nitrogens with two attached hydrogens (primary N) is 1. The number of hydrogen-bond acceptors (Lipinski definition) is 13. The quantitative estimate of drug-likeness (QED) is 0.0435. The number of thioether (sulfide) groups is 1. The van der Waals surface area contributed by atoms with Crippen LogP contribution in [0.3, 0.4) is 0 Å². The van der Waals surface area contributed by atoms with Gasteiger partial charge in [0.2, 0.25) is 11.8 Å². The Bertz CT molecular complexity index is 2090. The van der Waals surface area contributed by atoms with Crippen LogP contribution < -0.4 is 21.3 Å². The fraction of sp³-hybridized carbons (Fsp3) is 0.250. The molecule has 3 aromatic rings. The van der Waals surface area contributed by atoms with Crippen LogP contribution in [0.5, 0.6) is 5.75 Å². The Balaban J connectivity index is 1.41. The van der Waals surface area contributed by atoms with E-state index in [1.54, 1.807) is 0 Å². The number of carboxylic acids is 1. The van der Waals surface area contributed by atoms with E-state index in [0.717, 1.165) is 52.3 Å². The summed E-state index contributed by atoms with van der Waals surface area (Å²) in [4.78, 5) is 75.0. The minimum Gasteiger partial charge on any atom is -0.508 e. The molecule has 0 radical (unpaired) electrons. The summed E-state index contributed by atoms with van der Waals surface area (Å²) >= 11 is 1.97. The maximum Gasteiger partial charge on any atom is 0.491 e. The number of pyridine rings is 1. The first-order valence-electron chi connectivity index (χ1n) is 15.5. The molecule has 7 N–H and O–H groups in total. The lowest BCUT2D eigenvalue weighted by Crippen LogP contribution is -2.71. The molecule has 3 atom stereocenters. The summed E-state index contributed by atoms with van der Waals surface area (Å²) < 4.78 is 43.5. The number of nitrogen functional groups attached to an aromatic ring is 1. The fourth-order valence-corrected chi connectivity index (χ4v) is 8.22. The Labute approximate surface area is 304 Å². The van der Waals surface area contributed by atoms with Crippen molar-refractivity contribution in [2.24, 2.45) is 5.16 Å². The number of aliphatic carboxylic acids is 1. The van der Waals surface area contributed by atoms with Crippen molar-refractivity contribution in [1.82, 2.24) is 25.5 Å². The number of nitrogens with one attached hydrogen (secondary N) is 2. The molecule has 2 aromatic heterocycles. The Morgan fingerprint density at radius 3 is 2.42 bits per heavy atom. The molecular weight excluding hydrogens is 746 g/mol. The molecule has 6 rings (SSSR count).